The van der Waals surface area contributed by atoms with Gasteiger partial charge in [0.2, 0.25) is 0 Å². The Hall–Kier alpha value is -1.18. The third-order valence-electron chi connectivity index (χ3n) is 5.40. The third-order valence-corrected chi connectivity index (χ3v) is 5.40. The molecule has 0 aromatic heterocycles. The fourth-order valence-electron chi connectivity index (χ4n) is 3.13. The molecule has 0 aliphatic carbocycles. The Morgan fingerprint density at radius 3 is 1.33 bits per heavy atom. The lowest BCUT2D eigenvalue weighted by Crippen LogP contribution is -2.25. The topological polar surface area (TPSA) is 24.1 Å². The second-order valence-electron chi connectivity index (χ2n) is 7.54. The van der Waals surface area contributed by atoms with E-state index < -0.39 is 0 Å². The Morgan fingerprint density at radius 1 is 0.667 bits per heavy atom. The summed E-state index contributed by atoms with van der Waals surface area (Å²) < 4.78 is 0. The summed E-state index contributed by atoms with van der Waals surface area (Å²) in [5.41, 5.74) is 2.52. The van der Waals surface area contributed by atoms with Gasteiger partial charge in [-0.05, 0) is 49.7 Å². The molecule has 2 N–H and O–H groups in total. The third kappa shape index (κ3) is 7.15. The molecular weight excluding hydrogens is 292 g/mol. The molecular formula is C22H40N2. The molecule has 0 amide bonds. The summed E-state index contributed by atoms with van der Waals surface area (Å²) in [7, 11) is 0. The van der Waals surface area contributed by atoms with E-state index in [9.17, 15) is 0 Å². The maximum absolute atomic E-state index is 3.80. The highest BCUT2D eigenvalue weighted by atomic mass is 15.0. The molecule has 4 atom stereocenters. The first kappa shape index (κ1) is 20.9. The molecule has 0 aliphatic heterocycles. The van der Waals surface area contributed by atoms with Crippen LogP contribution in [-0.4, -0.2) is 12.1 Å². The molecule has 0 aliphatic rings. The summed E-state index contributed by atoms with van der Waals surface area (Å²) in [5, 5.41) is 7.59. The molecule has 0 saturated carbocycles. The smallest absolute Gasteiger partial charge is 0.0578 e. The molecule has 0 radical (unpaired) electrons. The minimum atomic E-state index is 0.553. The van der Waals surface area contributed by atoms with Crippen LogP contribution in [-0.2, 0) is 0 Å². The highest BCUT2D eigenvalue weighted by molar-refractivity contribution is 5.69. The van der Waals surface area contributed by atoms with Gasteiger partial charge in [-0.2, -0.15) is 0 Å². The highest BCUT2D eigenvalue weighted by Crippen LogP contribution is 2.27. The summed E-state index contributed by atoms with van der Waals surface area (Å²) in [4.78, 5) is 0. The number of benzene rings is 1. The van der Waals surface area contributed by atoms with E-state index in [1.807, 2.05) is 0 Å². The van der Waals surface area contributed by atoms with Crippen LogP contribution >= 0.6 is 0 Å². The molecule has 1 rings (SSSR count). The lowest BCUT2D eigenvalue weighted by molar-refractivity contribution is 0.459. The normalized spacial score (nSPS) is 16.2. The monoisotopic (exact) mass is 332 g/mol. The first-order chi connectivity index (χ1) is 11.5. The molecule has 0 fully saturated rings. The predicted octanol–water partition coefficient (Wildman–Crippen LogP) is 6.94. The second kappa shape index (κ2) is 11.4. The SMILES string of the molecule is CCC(C)CC(CC)Nc1ccccc1NC(CC)CC(C)CC. The van der Waals surface area contributed by atoms with Crippen LogP contribution in [0.2, 0.25) is 0 Å². The molecule has 4 unspecified atom stereocenters. The maximum atomic E-state index is 3.80. The van der Waals surface area contributed by atoms with Crippen LogP contribution in [0.1, 0.15) is 80.1 Å². The second-order valence-corrected chi connectivity index (χ2v) is 7.54. The number of hydrogen-bond acceptors (Lipinski definition) is 2. The van der Waals surface area contributed by atoms with Crippen molar-refractivity contribution in [3.8, 4) is 0 Å². The number of nitrogens with one attached hydrogen (secondary N) is 2. The number of anilines is 2. The molecule has 2 heteroatoms. The molecule has 0 saturated heterocycles. The van der Waals surface area contributed by atoms with Crippen LogP contribution in [0.5, 0.6) is 0 Å². The van der Waals surface area contributed by atoms with Gasteiger partial charge in [0.1, 0.15) is 0 Å². The maximum Gasteiger partial charge on any atom is 0.0578 e. The average molecular weight is 333 g/mol. The quantitative estimate of drug-likeness (QED) is 0.433. The van der Waals surface area contributed by atoms with Crippen molar-refractivity contribution in [3.63, 3.8) is 0 Å². The predicted molar refractivity (Wildman–Crippen MR) is 110 cm³/mol. The van der Waals surface area contributed by atoms with E-state index in [2.05, 4.69) is 76.4 Å². The van der Waals surface area contributed by atoms with Crippen molar-refractivity contribution < 1.29 is 0 Å². The Balaban J connectivity index is 2.79. The number of para-hydroxylation sites is 2. The summed E-state index contributed by atoms with van der Waals surface area (Å²) in [6, 6.07) is 9.82. The van der Waals surface area contributed by atoms with Crippen LogP contribution < -0.4 is 10.6 Å². The van der Waals surface area contributed by atoms with Gasteiger partial charge < -0.3 is 10.6 Å². The van der Waals surface area contributed by atoms with Gasteiger partial charge in [-0.25, -0.2) is 0 Å². The Kier molecular flexibility index (Phi) is 9.90. The van der Waals surface area contributed by atoms with Crippen LogP contribution in [0, 0.1) is 11.8 Å². The van der Waals surface area contributed by atoms with Gasteiger partial charge in [0.05, 0.1) is 11.4 Å². The van der Waals surface area contributed by atoms with Gasteiger partial charge in [-0.3, -0.25) is 0 Å². The van der Waals surface area contributed by atoms with Crippen molar-refractivity contribution in [2.75, 3.05) is 10.6 Å². The van der Waals surface area contributed by atoms with Crippen molar-refractivity contribution >= 4 is 11.4 Å². The molecule has 138 valence electrons. The number of rotatable bonds is 12. The summed E-state index contributed by atoms with van der Waals surface area (Å²) in [6.45, 7) is 13.9. The molecule has 2 nitrogen and oxygen atoms in total. The number of hydrogen-bond donors (Lipinski definition) is 2. The van der Waals surface area contributed by atoms with E-state index in [0.29, 0.717) is 12.1 Å². The van der Waals surface area contributed by atoms with Crippen molar-refractivity contribution in [2.24, 2.45) is 11.8 Å². The zero-order valence-electron chi connectivity index (χ0n) is 16.9. The molecule has 0 heterocycles. The van der Waals surface area contributed by atoms with E-state index in [4.69, 9.17) is 0 Å². The van der Waals surface area contributed by atoms with Crippen LogP contribution in [0.15, 0.2) is 24.3 Å². The minimum Gasteiger partial charge on any atom is -0.381 e. The van der Waals surface area contributed by atoms with Crippen molar-refractivity contribution in [2.45, 2.75) is 92.2 Å². The fourth-order valence-corrected chi connectivity index (χ4v) is 3.13. The molecule has 1 aromatic rings. The van der Waals surface area contributed by atoms with Crippen LogP contribution in [0.4, 0.5) is 11.4 Å². The molecule has 24 heavy (non-hydrogen) atoms. The minimum absolute atomic E-state index is 0.553. The standard InChI is InChI=1S/C22H40N2/c1-7-17(5)15-19(9-3)23-21-13-11-12-14-22(21)24-20(10-4)16-18(6)8-2/h11-14,17-20,23-24H,7-10,15-16H2,1-6H3. The molecule has 0 bridgehead atoms. The van der Waals surface area contributed by atoms with Crippen molar-refractivity contribution in [3.05, 3.63) is 24.3 Å². The lowest BCUT2D eigenvalue weighted by Gasteiger charge is -2.26. The van der Waals surface area contributed by atoms with Gasteiger partial charge in [0.25, 0.3) is 0 Å². The van der Waals surface area contributed by atoms with Gasteiger partial charge in [0, 0.05) is 12.1 Å². The zero-order chi connectivity index (χ0) is 17.9. The van der Waals surface area contributed by atoms with E-state index in [1.54, 1.807) is 0 Å². The van der Waals surface area contributed by atoms with Crippen molar-refractivity contribution in [1.82, 2.24) is 0 Å². The first-order valence-corrected chi connectivity index (χ1v) is 10.2. The summed E-state index contributed by atoms with van der Waals surface area (Å²) in [5.74, 6) is 1.55. The van der Waals surface area contributed by atoms with Crippen molar-refractivity contribution in [1.29, 1.82) is 0 Å². The largest absolute Gasteiger partial charge is 0.381 e. The fraction of sp³-hybridized carbons (Fsp3) is 0.727. The summed E-state index contributed by atoms with van der Waals surface area (Å²) in [6.07, 6.45) is 7.33. The van der Waals surface area contributed by atoms with Gasteiger partial charge in [0.15, 0.2) is 0 Å². The highest BCUT2D eigenvalue weighted by Gasteiger charge is 2.15. The van der Waals surface area contributed by atoms with Gasteiger partial charge in [-0.1, -0.05) is 66.5 Å². The average Bonchev–Trinajstić information content (AvgIpc) is 2.61. The summed E-state index contributed by atoms with van der Waals surface area (Å²) >= 11 is 0. The molecule has 0 spiro atoms. The Labute approximate surface area is 150 Å². The first-order valence-electron chi connectivity index (χ1n) is 10.2. The van der Waals surface area contributed by atoms with E-state index in [0.717, 1.165) is 11.8 Å². The Bertz CT molecular complexity index is 402. The van der Waals surface area contributed by atoms with Crippen LogP contribution in [0.25, 0.3) is 0 Å². The zero-order valence-corrected chi connectivity index (χ0v) is 16.9. The van der Waals surface area contributed by atoms with E-state index in [-0.39, 0.29) is 0 Å². The van der Waals surface area contributed by atoms with Crippen LogP contribution in [0.3, 0.4) is 0 Å². The van der Waals surface area contributed by atoms with Gasteiger partial charge >= 0.3 is 0 Å². The van der Waals surface area contributed by atoms with Gasteiger partial charge in [-0.15, -0.1) is 0 Å². The lowest BCUT2D eigenvalue weighted by atomic mass is 9.96. The van der Waals surface area contributed by atoms with E-state index >= 15 is 0 Å². The Morgan fingerprint density at radius 2 is 1.04 bits per heavy atom. The molecule has 1 aromatic carbocycles. The van der Waals surface area contributed by atoms with E-state index in [1.165, 1.54) is 49.9 Å².